The van der Waals surface area contributed by atoms with Crippen LogP contribution < -0.4 is 0 Å². The number of piperidine rings is 1. The van der Waals surface area contributed by atoms with E-state index in [0.717, 1.165) is 39.1 Å². The molecule has 1 aromatic rings. The minimum Gasteiger partial charge on any atom is -0.347 e. The van der Waals surface area contributed by atoms with Crippen LogP contribution in [0.25, 0.3) is 0 Å². The van der Waals surface area contributed by atoms with Gasteiger partial charge in [-0.05, 0) is 19.4 Å². The molecule has 3 heteroatoms. The molecule has 0 saturated carbocycles. The molecule has 0 bridgehead atoms. The molecule has 0 aromatic heterocycles. The standard InChI is InChI=1S/C16H23NO2/c1-13-3-5-15(6-4-13)14(2)17-9-7-16(8-10-17)18-11-12-19-16/h3-6,14H,7-12H2,1-2H3. The van der Waals surface area contributed by atoms with E-state index in [1.807, 2.05) is 0 Å². The zero-order valence-electron chi connectivity index (χ0n) is 11.9. The Kier molecular flexibility index (Phi) is 3.61. The molecule has 1 aromatic carbocycles. The lowest BCUT2D eigenvalue weighted by molar-refractivity contribution is -0.187. The van der Waals surface area contributed by atoms with E-state index in [1.165, 1.54) is 11.1 Å². The second kappa shape index (κ2) is 5.23. The Bertz CT molecular complexity index is 413. The van der Waals surface area contributed by atoms with Crippen molar-refractivity contribution in [2.24, 2.45) is 0 Å². The van der Waals surface area contributed by atoms with Gasteiger partial charge in [0.2, 0.25) is 0 Å². The summed E-state index contributed by atoms with van der Waals surface area (Å²) in [4.78, 5) is 2.53. The first-order valence-electron chi connectivity index (χ1n) is 7.27. The van der Waals surface area contributed by atoms with Crippen LogP contribution in [0, 0.1) is 6.92 Å². The molecule has 1 unspecified atom stereocenters. The molecule has 1 spiro atoms. The Morgan fingerprint density at radius 1 is 1.05 bits per heavy atom. The van der Waals surface area contributed by atoms with Gasteiger partial charge in [-0.15, -0.1) is 0 Å². The van der Waals surface area contributed by atoms with Crippen LogP contribution in [0.4, 0.5) is 0 Å². The van der Waals surface area contributed by atoms with E-state index in [2.05, 4.69) is 43.0 Å². The molecule has 0 N–H and O–H groups in total. The van der Waals surface area contributed by atoms with Crippen LogP contribution in [0.1, 0.15) is 36.9 Å². The first-order chi connectivity index (χ1) is 9.19. The summed E-state index contributed by atoms with van der Waals surface area (Å²) in [6, 6.07) is 9.35. The predicted molar refractivity (Wildman–Crippen MR) is 75.0 cm³/mol. The molecule has 19 heavy (non-hydrogen) atoms. The highest BCUT2D eigenvalue weighted by Gasteiger charge is 2.40. The van der Waals surface area contributed by atoms with Gasteiger partial charge in [0.1, 0.15) is 0 Å². The second-order valence-corrected chi connectivity index (χ2v) is 5.73. The van der Waals surface area contributed by atoms with Crippen LogP contribution in [0.2, 0.25) is 0 Å². The smallest absolute Gasteiger partial charge is 0.170 e. The molecule has 0 aliphatic carbocycles. The van der Waals surface area contributed by atoms with Gasteiger partial charge in [0, 0.05) is 32.0 Å². The average molecular weight is 261 g/mol. The summed E-state index contributed by atoms with van der Waals surface area (Å²) >= 11 is 0. The third-order valence-corrected chi connectivity index (χ3v) is 4.48. The minimum atomic E-state index is -0.260. The average Bonchev–Trinajstić information content (AvgIpc) is 2.88. The summed E-state index contributed by atoms with van der Waals surface area (Å²) < 4.78 is 11.6. The van der Waals surface area contributed by atoms with E-state index >= 15 is 0 Å². The topological polar surface area (TPSA) is 21.7 Å². The maximum atomic E-state index is 5.78. The van der Waals surface area contributed by atoms with Gasteiger partial charge < -0.3 is 9.47 Å². The van der Waals surface area contributed by atoms with Crippen molar-refractivity contribution in [2.45, 2.75) is 38.5 Å². The lowest BCUT2D eigenvalue weighted by Gasteiger charge is -2.40. The van der Waals surface area contributed by atoms with E-state index in [1.54, 1.807) is 0 Å². The van der Waals surface area contributed by atoms with Gasteiger partial charge in [-0.2, -0.15) is 0 Å². The maximum Gasteiger partial charge on any atom is 0.170 e. The number of hydrogen-bond acceptors (Lipinski definition) is 3. The summed E-state index contributed by atoms with van der Waals surface area (Å²) in [6.45, 7) is 8.04. The highest BCUT2D eigenvalue weighted by Crippen LogP contribution is 2.34. The Morgan fingerprint density at radius 3 is 2.21 bits per heavy atom. The SMILES string of the molecule is Cc1ccc(C(C)N2CCC3(CC2)OCCO3)cc1. The number of aryl methyl sites for hydroxylation is 1. The number of benzene rings is 1. The molecule has 2 aliphatic rings. The lowest BCUT2D eigenvalue weighted by Crippen LogP contribution is -2.45. The zero-order valence-corrected chi connectivity index (χ0v) is 11.9. The van der Waals surface area contributed by atoms with E-state index in [4.69, 9.17) is 9.47 Å². The summed E-state index contributed by atoms with van der Waals surface area (Å²) in [5.41, 5.74) is 2.72. The minimum absolute atomic E-state index is 0.260. The van der Waals surface area contributed by atoms with E-state index in [9.17, 15) is 0 Å². The summed E-state index contributed by atoms with van der Waals surface area (Å²) in [5, 5.41) is 0. The van der Waals surface area contributed by atoms with Crippen LogP contribution in [0.5, 0.6) is 0 Å². The number of likely N-dealkylation sites (tertiary alicyclic amines) is 1. The Labute approximate surface area is 115 Å². The van der Waals surface area contributed by atoms with Gasteiger partial charge in [0.15, 0.2) is 5.79 Å². The molecule has 0 radical (unpaired) electrons. The van der Waals surface area contributed by atoms with E-state index in [-0.39, 0.29) is 5.79 Å². The first-order valence-corrected chi connectivity index (χ1v) is 7.27. The number of hydrogen-bond donors (Lipinski definition) is 0. The molecular formula is C16H23NO2. The maximum absolute atomic E-state index is 5.78. The third kappa shape index (κ3) is 2.69. The molecule has 3 nitrogen and oxygen atoms in total. The van der Waals surface area contributed by atoms with E-state index < -0.39 is 0 Å². The monoisotopic (exact) mass is 261 g/mol. The van der Waals surface area contributed by atoms with Crippen molar-refractivity contribution in [3.63, 3.8) is 0 Å². The Morgan fingerprint density at radius 2 is 1.63 bits per heavy atom. The van der Waals surface area contributed by atoms with Gasteiger partial charge in [-0.25, -0.2) is 0 Å². The molecule has 104 valence electrons. The van der Waals surface area contributed by atoms with Crippen LogP contribution in [-0.4, -0.2) is 37.0 Å². The van der Waals surface area contributed by atoms with E-state index in [0.29, 0.717) is 6.04 Å². The summed E-state index contributed by atoms with van der Waals surface area (Å²) in [5.74, 6) is -0.260. The quantitative estimate of drug-likeness (QED) is 0.817. The van der Waals surface area contributed by atoms with Crippen molar-refractivity contribution in [2.75, 3.05) is 26.3 Å². The zero-order chi connectivity index (χ0) is 13.3. The Balaban J connectivity index is 1.63. The third-order valence-electron chi connectivity index (χ3n) is 4.48. The summed E-state index contributed by atoms with van der Waals surface area (Å²) in [7, 11) is 0. The van der Waals surface area contributed by atoms with Crippen molar-refractivity contribution in [3.8, 4) is 0 Å². The van der Waals surface area contributed by atoms with Gasteiger partial charge in [0.05, 0.1) is 13.2 Å². The molecule has 2 fully saturated rings. The molecule has 2 saturated heterocycles. The van der Waals surface area contributed by atoms with Crippen molar-refractivity contribution < 1.29 is 9.47 Å². The largest absolute Gasteiger partial charge is 0.347 e. The van der Waals surface area contributed by atoms with Crippen LogP contribution in [-0.2, 0) is 9.47 Å². The summed E-state index contributed by atoms with van der Waals surface area (Å²) in [6.07, 6.45) is 1.98. The van der Waals surface area contributed by atoms with Gasteiger partial charge in [-0.1, -0.05) is 29.8 Å². The second-order valence-electron chi connectivity index (χ2n) is 5.73. The van der Waals surface area contributed by atoms with Crippen molar-refractivity contribution in [1.82, 2.24) is 4.90 Å². The molecule has 0 amide bonds. The number of rotatable bonds is 2. The fourth-order valence-electron chi connectivity index (χ4n) is 3.09. The van der Waals surface area contributed by atoms with Crippen LogP contribution in [0.15, 0.2) is 24.3 Å². The molecule has 1 atom stereocenters. The molecule has 3 rings (SSSR count). The highest BCUT2D eigenvalue weighted by molar-refractivity contribution is 5.23. The van der Waals surface area contributed by atoms with Gasteiger partial charge >= 0.3 is 0 Å². The number of nitrogens with zero attached hydrogens (tertiary/aromatic N) is 1. The predicted octanol–water partition coefficient (Wildman–Crippen LogP) is 2.89. The number of ether oxygens (including phenoxy) is 2. The van der Waals surface area contributed by atoms with Crippen molar-refractivity contribution in [3.05, 3.63) is 35.4 Å². The van der Waals surface area contributed by atoms with Crippen LogP contribution in [0.3, 0.4) is 0 Å². The lowest BCUT2D eigenvalue weighted by atomic mass is 9.99. The van der Waals surface area contributed by atoms with Crippen molar-refractivity contribution >= 4 is 0 Å². The highest BCUT2D eigenvalue weighted by atomic mass is 16.7. The van der Waals surface area contributed by atoms with Crippen molar-refractivity contribution in [1.29, 1.82) is 0 Å². The molecular weight excluding hydrogens is 238 g/mol. The normalized spacial score (nSPS) is 24.7. The van der Waals surface area contributed by atoms with Gasteiger partial charge in [-0.3, -0.25) is 4.90 Å². The van der Waals surface area contributed by atoms with Gasteiger partial charge in [0.25, 0.3) is 0 Å². The fraction of sp³-hybridized carbons (Fsp3) is 0.625. The fourth-order valence-corrected chi connectivity index (χ4v) is 3.09. The van der Waals surface area contributed by atoms with Crippen LogP contribution >= 0.6 is 0 Å². The first kappa shape index (κ1) is 13.1. The molecule has 2 heterocycles. The molecule has 2 aliphatic heterocycles. The Hall–Kier alpha value is -0.900.